The van der Waals surface area contributed by atoms with E-state index in [2.05, 4.69) is 10.2 Å². The average Bonchev–Trinajstić information content (AvgIpc) is 3.01. The normalized spacial score (nSPS) is 27.9. The number of hydrogen-bond donors (Lipinski definition) is 2. The summed E-state index contributed by atoms with van der Waals surface area (Å²) in [6.07, 6.45) is -1.21. The molecule has 1 aromatic rings. The van der Waals surface area contributed by atoms with Gasteiger partial charge in [0.2, 0.25) is 0 Å². The van der Waals surface area contributed by atoms with Crippen molar-refractivity contribution < 1.29 is 19.4 Å². The van der Waals surface area contributed by atoms with Crippen LogP contribution in [0.15, 0.2) is 12.1 Å². The molecule has 0 spiro atoms. The summed E-state index contributed by atoms with van der Waals surface area (Å²) in [4.78, 5) is 13.6. The van der Waals surface area contributed by atoms with Crippen LogP contribution < -0.4 is 10.2 Å². The van der Waals surface area contributed by atoms with Gasteiger partial charge in [-0.25, -0.2) is 0 Å². The summed E-state index contributed by atoms with van der Waals surface area (Å²) in [6, 6.07) is 3.42. The van der Waals surface area contributed by atoms with Gasteiger partial charge in [-0.2, -0.15) is 0 Å². The van der Waals surface area contributed by atoms with Crippen molar-refractivity contribution in [1.29, 1.82) is 0 Å². The zero-order valence-electron chi connectivity index (χ0n) is 11.8. The SMILES string of the molecule is COC1CN(c2cc3c(cc2Cl)C(O)C(=O)N3)CC1OC. The van der Waals surface area contributed by atoms with E-state index >= 15 is 0 Å². The highest BCUT2D eigenvalue weighted by Crippen LogP contribution is 2.40. The minimum absolute atomic E-state index is 0.0282. The molecule has 114 valence electrons. The number of ether oxygens (including phenoxy) is 2. The third-order valence-electron chi connectivity index (χ3n) is 4.08. The third-order valence-corrected chi connectivity index (χ3v) is 4.38. The molecular formula is C14H17ClN2O4. The van der Waals surface area contributed by atoms with Crippen LogP contribution in [-0.2, 0) is 14.3 Å². The van der Waals surface area contributed by atoms with Gasteiger partial charge in [-0.1, -0.05) is 11.6 Å². The van der Waals surface area contributed by atoms with E-state index in [1.165, 1.54) is 0 Å². The summed E-state index contributed by atoms with van der Waals surface area (Å²) < 4.78 is 10.8. The highest BCUT2D eigenvalue weighted by atomic mass is 35.5. The van der Waals surface area contributed by atoms with Crippen LogP contribution in [-0.4, -0.2) is 50.5 Å². The number of halogens is 1. The maximum Gasteiger partial charge on any atom is 0.257 e. The van der Waals surface area contributed by atoms with Gasteiger partial charge in [-0.15, -0.1) is 0 Å². The molecule has 1 amide bonds. The molecule has 0 saturated carbocycles. The number of benzene rings is 1. The van der Waals surface area contributed by atoms with E-state index in [1.54, 1.807) is 26.4 Å². The van der Waals surface area contributed by atoms with Crippen LogP contribution in [0.2, 0.25) is 5.02 Å². The Labute approximate surface area is 127 Å². The maximum absolute atomic E-state index is 11.5. The maximum atomic E-state index is 11.5. The first-order valence-corrected chi connectivity index (χ1v) is 7.06. The van der Waals surface area contributed by atoms with Gasteiger partial charge < -0.3 is 24.8 Å². The second kappa shape index (κ2) is 5.46. The second-order valence-corrected chi connectivity index (χ2v) is 5.64. The molecule has 0 bridgehead atoms. The smallest absolute Gasteiger partial charge is 0.257 e. The molecule has 2 heterocycles. The Morgan fingerprint density at radius 1 is 1.29 bits per heavy atom. The van der Waals surface area contributed by atoms with Gasteiger partial charge in [0.25, 0.3) is 5.91 Å². The number of fused-ring (bicyclic) bond motifs is 1. The van der Waals surface area contributed by atoms with E-state index in [4.69, 9.17) is 21.1 Å². The largest absolute Gasteiger partial charge is 0.378 e. The number of anilines is 2. The molecule has 1 fully saturated rings. The fourth-order valence-electron chi connectivity index (χ4n) is 2.89. The van der Waals surface area contributed by atoms with Gasteiger partial charge in [-0.05, 0) is 12.1 Å². The minimum atomic E-state index is -1.15. The van der Waals surface area contributed by atoms with Crippen LogP contribution in [0.1, 0.15) is 11.7 Å². The Morgan fingerprint density at radius 3 is 2.48 bits per heavy atom. The van der Waals surface area contributed by atoms with Crippen molar-refractivity contribution in [2.75, 3.05) is 37.5 Å². The quantitative estimate of drug-likeness (QED) is 0.877. The second-order valence-electron chi connectivity index (χ2n) is 5.24. The highest BCUT2D eigenvalue weighted by molar-refractivity contribution is 6.33. The molecule has 0 aromatic heterocycles. The lowest BCUT2D eigenvalue weighted by molar-refractivity contribution is -0.123. The number of methoxy groups -OCH3 is 2. The molecule has 3 rings (SSSR count). The van der Waals surface area contributed by atoms with Crippen molar-refractivity contribution in [3.63, 3.8) is 0 Å². The van der Waals surface area contributed by atoms with Crippen molar-refractivity contribution in [3.8, 4) is 0 Å². The lowest BCUT2D eigenvalue weighted by atomic mass is 10.1. The number of amides is 1. The van der Waals surface area contributed by atoms with E-state index in [0.29, 0.717) is 29.4 Å². The van der Waals surface area contributed by atoms with Crippen LogP contribution in [0, 0.1) is 0 Å². The van der Waals surface area contributed by atoms with Crippen molar-refractivity contribution in [1.82, 2.24) is 0 Å². The van der Waals surface area contributed by atoms with Crippen molar-refractivity contribution in [2.24, 2.45) is 0 Å². The molecule has 1 saturated heterocycles. The van der Waals surface area contributed by atoms with Gasteiger partial charge in [0.1, 0.15) is 12.2 Å². The number of rotatable bonds is 3. The summed E-state index contributed by atoms with van der Waals surface area (Å²) in [5.41, 5.74) is 1.91. The molecule has 3 unspecified atom stereocenters. The van der Waals surface area contributed by atoms with Gasteiger partial charge in [0.15, 0.2) is 6.10 Å². The first-order chi connectivity index (χ1) is 10.0. The summed E-state index contributed by atoms with van der Waals surface area (Å²) in [6.45, 7) is 1.31. The average molecular weight is 313 g/mol. The fourth-order valence-corrected chi connectivity index (χ4v) is 3.18. The van der Waals surface area contributed by atoms with Gasteiger partial charge in [0.05, 0.1) is 10.7 Å². The van der Waals surface area contributed by atoms with Crippen LogP contribution in [0.3, 0.4) is 0 Å². The Hall–Kier alpha value is -1.34. The number of carbonyl (C=O) groups is 1. The van der Waals surface area contributed by atoms with E-state index < -0.39 is 12.0 Å². The number of carbonyl (C=O) groups excluding carboxylic acids is 1. The summed E-state index contributed by atoms with van der Waals surface area (Å²) in [5, 5.41) is 12.9. The molecule has 2 aliphatic heterocycles. The standard InChI is InChI=1S/C14H17ClN2O4/c1-20-11-5-17(6-12(11)21-2)10-4-9-7(3-8(10)15)13(18)14(19)16-9/h3-4,11-13,18H,5-6H2,1-2H3,(H,16,19). The molecule has 6 nitrogen and oxygen atoms in total. The third kappa shape index (κ3) is 2.38. The summed E-state index contributed by atoms with van der Waals surface area (Å²) in [7, 11) is 3.31. The zero-order chi connectivity index (χ0) is 15.1. The molecule has 0 aliphatic carbocycles. The number of nitrogens with one attached hydrogen (secondary N) is 1. The first kappa shape index (κ1) is 14.6. The Bertz CT molecular complexity index is 568. The molecule has 7 heteroatoms. The predicted octanol–water partition coefficient (Wildman–Crippen LogP) is 1.18. The first-order valence-electron chi connectivity index (χ1n) is 6.68. The number of hydrogen-bond acceptors (Lipinski definition) is 5. The van der Waals surface area contributed by atoms with Crippen LogP contribution >= 0.6 is 11.6 Å². The van der Waals surface area contributed by atoms with E-state index in [0.717, 1.165) is 5.69 Å². The number of aliphatic hydroxyl groups is 1. The van der Waals surface area contributed by atoms with E-state index in [1.807, 2.05) is 0 Å². The van der Waals surface area contributed by atoms with Crippen LogP contribution in [0.4, 0.5) is 11.4 Å². The van der Waals surface area contributed by atoms with Crippen LogP contribution in [0.25, 0.3) is 0 Å². The topological polar surface area (TPSA) is 71.0 Å². The molecule has 2 aliphatic rings. The van der Waals surface area contributed by atoms with Gasteiger partial charge >= 0.3 is 0 Å². The van der Waals surface area contributed by atoms with Crippen molar-refractivity contribution in [3.05, 3.63) is 22.7 Å². The molecule has 21 heavy (non-hydrogen) atoms. The van der Waals surface area contributed by atoms with Gasteiger partial charge in [-0.3, -0.25) is 4.79 Å². The number of nitrogens with zero attached hydrogens (tertiary/aromatic N) is 1. The highest BCUT2D eigenvalue weighted by Gasteiger charge is 2.36. The van der Waals surface area contributed by atoms with Crippen molar-refractivity contribution in [2.45, 2.75) is 18.3 Å². The van der Waals surface area contributed by atoms with E-state index in [-0.39, 0.29) is 12.2 Å². The zero-order valence-corrected chi connectivity index (χ0v) is 12.6. The predicted molar refractivity (Wildman–Crippen MR) is 78.8 cm³/mol. The number of aliphatic hydroxyl groups excluding tert-OH is 1. The monoisotopic (exact) mass is 312 g/mol. The molecule has 3 atom stereocenters. The molecule has 2 N–H and O–H groups in total. The van der Waals surface area contributed by atoms with E-state index in [9.17, 15) is 9.90 Å². The lowest BCUT2D eigenvalue weighted by Crippen LogP contribution is -2.27. The summed E-state index contributed by atoms with van der Waals surface area (Å²) in [5.74, 6) is -0.427. The summed E-state index contributed by atoms with van der Waals surface area (Å²) >= 11 is 6.31. The molecule has 1 aromatic carbocycles. The Kier molecular flexibility index (Phi) is 3.79. The Morgan fingerprint density at radius 2 is 1.90 bits per heavy atom. The fraction of sp³-hybridized carbons (Fsp3) is 0.500. The molecular weight excluding hydrogens is 296 g/mol. The van der Waals surface area contributed by atoms with Crippen molar-refractivity contribution >= 4 is 28.9 Å². The van der Waals surface area contributed by atoms with Crippen LogP contribution in [0.5, 0.6) is 0 Å². The lowest BCUT2D eigenvalue weighted by Gasteiger charge is -2.20. The van der Waals surface area contributed by atoms with Gasteiger partial charge in [0, 0.05) is 38.6 Å². The molecule has 0 radical (unpaired) electrons. The minimum Gasteiger partial charge on any atom is -0.378 e. The Balaban J connectivity index is 1.91.